The summed E-state index contributed by atoms with van der Waals surface area (Å²) >= 11 is 3.58. The van der Waals surface area contributed by atoms with Crippen LogP contribution in [0.1, 0.15) is 30.9 Å². The molecule has 0 bridgehead atoms. The average molecular weight is 350 g/mol. The van der Waals surface area contributed by atoms with E-state index in [1.54, 1.807) is 7.11 Å². The molecule has 0 aliphatic rings. The first-order chi connectivity index (χ1) is 10.2. The van der Waals surface area contributed by atoms with Gasteiger partial charge in [-0.3, -0.25) is 0 Å². The van der Waals surface area contributed by atoms with Crippen LogP contribution in [0, 0.1) is 0 Å². The van der Waals surface area contributed by atoms with Gasteiger partial charge in [0.25, 0.3) is 0 Å². The molecule has 4 nitrogen and oxygen atoms in total. The fourth-order valence-electron chi connectivity index (χ4n) is 2.16. The normalized spacial score (nSPS) is 10.5. The van der Waals surface area contributed by atoms with Crippen LogP contribution < -0.4 is 10.1 Å². The van der Waals surface area contributed by atoms with Crippen LogP contribution in [0.5, 0.6) is 5.75 Å². The number of hydrogen-bond acceptors (Lipinski definition) is 4. The molecule has 1 heterocycles. The Labute approximate surface area is 134 Å². The highest BCUT2D eigenvalue weighted by atomic mass is 79.9. The molecule has 0 radical (unpaired) electrons. The van der Waals surface area contributed by atoms with Gasteiger partial charge in [0, 0.05) is 18.5 Å². The Balaban J connectivity index is 2.37. The molecule has 0 atom stereocenters. The fraction of sp³-hybridized carbons (Fsp3) is 0.375. The van der Waals surface area contributed by atoms with E-state index < -0.39 is 0 Å². The highest BCUT2D eigenvalue weighted by Crippen LogP contribution is 2.26. The number of aryl methyl sites for hydroxylation is 1. The maximum absolute atomic E-state index is 5.40. The molecule has 0 saturated heterocycles. The fourth-order valence-corrected chi connectivity index (χ4v) is 2.76. The summed E-state index contributed by atoms with van der Waals surface area (Å²) in [4.78, 5) is 9.27. The van der Waals surface area contributed by atoms with Gasteiger partial charge in [-0.05, 0) is 35.3 Å². The molecule has 0 amide bonds. The topological polar surface area (TPSA) is 47.0 Å². The van der Waals surface area contributed by atoms with Crippen LogP contribution in [-0.2, 0) is 12.8 Å². The minimum atomic E-state index is 0.655. The van der Waals surface area contributed by atoms with E-state index in [2.05, 4.69) is 45.1 Å². The summed E-state index contributed by atoms with van der Waals surface area (Å²) in [7, 11) is 1.68. The minimum Gasteiger partial charge on any atom is -0.496 e. The second kappa shape index (κ2) is 7.41. The van der Waals surface area contributed by atoms with Gasteiger partial charge in [0.1, 0.15) is 17.4 Å². The van der Waals surface area contributed by atoms with Crippen LogP contribution in [-0.4, -0.2) is 23.6 Å². The monoisotopic (exact) mass is 349 g/mol. The maximum atomic E-state index is 5.40. The summed E-state index contributed by atoms with van der Waals surface area (Å²) in [5.74, 6) is 2.52. The highest BCUT2D eigenvalue weighted by molar-refractivity contribution is 9.10. The van der Waals surface area contributed by atoms with Crippen molar-refractivity contribution in [3.63, 3.8) is 0 Å². The predicted molar refractivity (Wildman–Crippen MR) is 89.1 cm³/mol. The quantitative estimate of drug-likeness (QED) is 0.860. The minimum absolute atomic E-state index is 0.655. The summed E-state index contributed by atoms with van der Waals surface area (Å²) in [5, 5.41) is 3.28. The van der Waals surface area contributed by atoms with E-state index in [1.165, 1.54) is 0 Å². The molecule has 0 saturated carbocycles. The summed E-state index contributed by atoms with van der Waals surface area (Å²) in [6.07, 6.45) is 1.52. The zero-order valence-electron chi connectivity index (χ0n) is 12.6. The van der Waals surface area contributed by atoms with Crippen LogP contribution in [0.2, 0.25) is 0 Å². The van der Waals surface area contributed by atoms with Crippen molar-refractivity contribution in [2.24, 2.45) is 0 Å². The highest BCUT2D eigenvalue weighted by Gasteiger charge is 2.12. The maximum Gasteiger partial charge on any atom is 0.144 e. The second-order valence-electron chi connectivity index (χ2n) is 4.62. The van der Waals surface area contributed by atoms with Crippen molar-refractivity contribution in [1.82, 2.24) is 9.97 Å². The lowest BCUT2D eigenvalue weighted by atomic mass is 10.1. The molecule has 0 fully saturated rings. The number of halogens is 1. The molecule has 112 valence electrons. The van der Waals surface area contributed by atoms with Crippen molar-refractivity contribution in [2.45, 2.75) is 26.7 Å². The summed E-state index contributed by atoms with van der Waals surface area (Å²) in [6.45, 7) is 4.97. The van der Waals surface area contributed by atoms with E-state index in [9.17, 15) is 0 Å². The summed E-state index contributed by atoms with van der Waals surface area (Å²) in [5.41, 5.74) is 2.11. The van der Waals surface area contributed by atoms with Gasteiger partial charge in [0.2, 0.25) is 0 Å². The third kappa shape index (κ3) is 3.73. The van der Waals surface area contributed by atoms with Crippen LogP contribution >= 0.6 is 15.9 Å². The molecule has 0 spiro atoms. The van der Waals surface area contributed by atoms with E-state index in [0.717, 1.165) is 46.1 Å². The SMILES string of the molecule is CCNc1nc(Cc2ccccc2OC)nc(CC)c1Br. The standard InChI is InChI=1S/C16H20BrN3O/c1-4-12-15(17)16(18-5-2)20-14(19-12)10-11-8-6-7-9-13(11)21-3/h6-9H,4-5,10H2,1-3H3,(H,18,19,20). The Kier molecular flexibility index (Phi) is 5.56. The molecule has 0 unspecified atom stereocenters. The number of aromatic nitrogens is 2. The van der Waals surface area contributed by atoms with Gasteiger partial charge in [0.05, 0.1) is 17.3 Å². The van der Waals surface area contributed by atoms with Gasteiger partial charge in [-0.2, -0.15) is 0 Å². The molecular weight excluding hydrogens is 330 g/mol. The third-order valence-electron chi connectivity index (χ3n) is 3.19. The zero-order chi connectivity index (χ0) is 15.2. The number of hydrogen-bond donors (Lipinski definition) is 1. The van der Waals surface area contributed by atoms with Gasteiger partial charge in [-0.15, -0.1) is 0 Å². The molecule has 0 aliphatic carbocycles. The number of methoxy groups -OCH3 is 1. The van der Waals surface area contributed by atoms with E-state index in [0.29, 0.717) is 6.42 Å². The van der Waals surface area contributed by atoms with Gasteiger partial charge < -0.3 is 10.1 Å². The van der Waals surface area contributed by atoms with E-state index in [1.807, 2.05) is 24.3 Å². The number of nitrogens with one attached hydrogen (secondary N) is 1. The number of anilines is 1. The van der Waals surface area contributed by atoms with Crippen molar-refractivity contribution < 1.29 is 4.74 Å². The number of para-hydroxylation sites is 1. The Hall–Kier alpha value is -1.62. The Morgan fingerprint density at radius 2 is 1.95 bits per heavy atom. The molecule has 2 aromatic rings. The van der Waals surface area contributed by atoms with Crippen LogP contribution in [0.3, 0.4) is 0 Å². The molecule has 1 N–H and O–H groups in total. The first-order valence-corrected chi connectivity index (χ1v) is 7.89. The lowest BCUT2D eigenvalue weighted by Crippen LogP contribution is -2.08. The summed E-state index contributed by atoms with van der Waals surface area (Å²) < 4.78 is 6.35. The number of nitrogens with zero attached hydrogens (tertiary/aromatic N) is 2. The smallest absolute Gasteiger partial charge is 0.144 e. The zero-order valence-corrected chi connectivity index (χ0v) is 14.2. The molecule has 1 aromatic carbocycles. The van der Waals surface area contributed by atoms with Gasteiger partial charge in [-0.25, -0.2) is 9.97 Å². The van der Waals surface area contributed by atoms with Crippen molar-refractivity contribution in [3.8, 4) is 5.75 Å². The first-order valence-electron chi connectivity index (χ1n) is 7.10. The molecule has 5 heteroatoms. The first kappa shape index (κ1) is 15.8. The Morgan fingerprint density at radius 1 is 1.19 bits per heavy atom. The third-order valence-corrected chi connectivity index (χ3v) is 4.02. The van der Waals surface area contributed by atoms with Crippen molar-refractivity contribution >= 4 is 21.7 Å². The number of benzene rings is 1. The Bertz CT molecular complexity index is 616. The van der Waals surface area contributed by atoms with Gasteiger partial charge in [0.15, 0.2) is 0 Å². The summed E-state index contributed by atoms with van der Waals surface area (Å²) in [6, 6.07) is 7.97. The van der Waals surface area contributed by atoms with Crippen molar-refractivity contribution in [1.29, 1.82) is 0 Å². The molecule has 2 rings (SSSR count). The molecule has 1 aromatic heterocycles. The predicted octanol–water partition coefficient (Wildman–Crippen LogP) is 3.83. The lowest BCUT2D eigenvalue weighted by molar-refractivity contribution is 0.410. The largest absolute Gasteiger partial charge is 0.496 e. The number of rotatable bonds is 6. The van der Waals surface area contributed by atoms with E-state index in [-0.39, 0.29) is 0 Å². The molecular formula is C16H20BrN3O. The Morgan fingerprint density at radius 3 is 2.62 bits per heavy atom. The van der Waals surface area contributed by atoms with E-state index in [4.69, 9.17) is 4.74 Å². The average Bonchev–Trinajstić information content (AvgIpc) is 2.51. The van der Waals surface area contributed by atoms with Crippen molar-refractivity contribution in [2.75, 3.05) is 19.0 Å². The molecule has 21 heavy (non-hydrogen) atoms. The van der Waals surface area contributed by atoms with Crippen molar-refractivity contribution in [3.05, 3.63) is 45.8 Å². The van der Waals surface area contributed by atoms with Gasteiger partial charge in [-0.1, -0.05) is 25.1 Å². The number of ether oxygens (including phenoxy) is 1. The molecule has 0 aliphatic heterocycles. The second-order valence-corrected chi connectivity index (χ2v) is 5.41. The van der Waals surface area contributed by atoms with E-state index >= 15 is 0 Å². The van der Waals surface area contributed by atoms with Gasteiger partial charge >= 0.3 is 0 Å². The van der Waals surface area contributed by atoms with Crippen LogP contribution in [0.25, 0.3) is 0 Å². The lowest BCUT2D eigenvalue weighted by Gasteiger charge is -2.12. The van der Waals surface area contributed by atoms with Crippen LogP contribution in [0.15, 0.2) is 28.7 Å². The van der Waals surface area contributed by atoms with Crippen LogP contribution in [0.4, 0.5) is 5.82 Å².